The molecule has 0 heterocycles. The molecule has 0 spiro atoms. The van der Waals surface area contributed by atoms with Crippen molar-refractivity contribution >= 4 is 0 Å². The monoisotopic (exact) mass is 253 g/mol. The van der Waals surface area contributed by atoms with Gasteiger partial charge in [-0.15, -0.1) is 0 Å². The molecular formula is C12H22F3NO. The lowest BCUT2D eigenvalue weighted by Gasteiger charge is -2.39. The van der Waals surface area contributed by atoms with Crippen LogP contribution in [0.2, 0.25) is 0 Å². The first-order chi connectivity index (χ1) is 7.98. The van der Waals surface area contributed by atoms with Gasteiger partial charge in [0.05, 0.1) is 13.2 Å². The highest BCUT2D eigenvalue weighted by Gasteiger charge is 2.36. The molecule has 0 bridgehead atoms. The zero-order chi connectivity index (χ0) is 12.9. The van der Waals surface area contributed by atoms with Gasteiger partial charge in [-0.05, 0) is 18.8 Å². The van der Waals surface area contributed by atoms with Crippen LogP contribution in [-0.4, -0.2) is 41.9 Å². The summed E-state index contributed by atoms with van der Waals surface area (Å²) in [6.45, 7) is 1.06. The highest BCUT2D eigenvalue weighted by Crippen LogP contribution is 2.32. The maximum Gasteiger partial charge on any atom is 0.401 e. The van der Waals surface area contributed by atoms with E-state index in [1.54, 1.807) is 0 Å². The molecule has 0 aromatic rings. The van der Waals surface area contributed by atoms with Gasteiger partial charge in [0.2, 0.25) is 0 Å². The summed E-state index contributed by atoms with van der Waals surface area (Å²) in [5.74, 6) is 0.345. The van der Waals surface area contributed by atoms with Crippen LogP contribution in [0.4, 0.5) is 13.2 Å². The molecule has 1 rings (SSSR count). The molecule has 1 saturated carbocycles. The van der Waals surface area contributed by atoms with Crippen LogP contribution in [0.5, 0.6) is 0 Å². The molecule has 1 aliphatic carbocycles. The minimum absolute atomic E-state index is 0.0116. The first-order valence-electron chi connectivity index (χ1n) is 6.39. The predicted octanol–water partition coefficient (Wildman–Crippen LogP) is 2.81. The number of alkyl halides is 3. The lowest BCUT2D eigenvalue weighted by atomic mass is 9.82. The molecule has 0 amide bonds. The van der Waals surface area contributed by atoms with E-state index < -0.39 is 12.7 Å². The molecule has 0 aliphatic heterocycles. The lowest BCUT2D eigenvalue weighted by molar-refractivity contribution is -0.156. The summed E-state index contributed by atoms with van der Waals surface area (Å²) in [5, 5.41) is 8.91. The first-order valence-corrected chi connectivity index (χ1v) is 6.39. The molecule has 0 saturated heterocycles. The summed E-state index contributed by atoms with van der Waals surface area (Å²) >= 11 is 0. The summed E-state index contributed by atoms with van der Waals surface area (Å²) in [7, 11) is 0. The van der Waals surface area contributed by atoms with Gasteiger partial charge in [-0.25, -0.2) is 0 Å². The third kappa shape index (κ3) is 4.84. The Balaban J connectivity index is 2.66. The first kappa shape index (κ1) is 14.8. The van der Waals surface area contributed by atoms with Crippen molar-refractivity contribution in [3.63, 3.8) is 0 Å². The van der Waals surface area contributed by atoms with Gasteiger partial charge in [-0.3, -0.25) is 4.90 Å². The third-order valence-electron chi connectivity index (χ3n) is 3.63. The molecule has 0 aromatic heterocycles. The second-order valence-electron chi connectivity index (χ2n) is 4.83. The average molecular weight is 253 g/mol. The van der Waals surface area contributed by atoms with E-state index in [1.165, 1.54) is 4.90 Å². The number of aliphatic hydroxyl groups excluding tert-OH is 1. The summed E-state index contributed by atoms with van der Waals surface area (Å²) in [4.78, 5) is 1.42. The fourth-order valence-corrected chi connectivity index (χ4v) is 2.87. The Hall–Kier alpha value is -0.290. The standard InChI is InChI=1S/C12H22F3NO/c1-2-10-5-3-4-6-11(10)16(7-8-17)9-12(13,14)15/h10-11,17H,2-9H2,1H3. The Morgan fingerprint density at radius 3 is 2.41 bits per heavy atom. The van der Waals surface area contributed by atoms with Crippen molar-refractivity contribution in [2.24, 2.45) is 5.92 Å². The van der Waals surface area contributed by atoms with Crippen molar-refractivity contribution in [1.29, 1.82) is 0 Å². The highest BCUT2D eigenvalue weighted by atomic mass is 19.4. The van der Waals surface area contributed by atoms with Gasteiger partial charge in [0, 0.05) is 12.6 Å². The van der Waals surface area contributed by atoms with Crippen LogP contribution in [-0.2, 0) is 0 Å². The summed E-state index contributed by atoms with van der Waals surface area (Å²) < 4.78 is 37.5. The summed E-state index contributed by atoms with van der Waals surface area (Å²) in [6.07, 6.45) is 0.708. The van der Waals surface area contributed by atoms with E-state index in [2.05, 4.69) is 0 Å². The predicted molar refractivity (Wildman–Crippen MR) is 60.8 cm³/mol. The molecule has 2 atom stereocenters. The molecule has 17 heavy (non-hydrogen) atoms. The van der Waals surface area contributed by atoms with Gasteiger partial charge in [-0.2, -0.15) is 13.2 Å². The number of rotatable bonds is 5. The van der Waals surface area contributed by atoms with Gasteiger partial charge in [0.15, 0.2) is 0 Å². The molecule has 0 radical (unpaired) electrons. The molecule has 102 valence electrons. The lowest BCUT2D eigenvalue weighted by Crippen LogP contribution is -2.47. The number of aliphatic hydroxyl groups is 1. The van der Waals surface area contributed by atoms with Crippen molar-refractivity contribution in [2.45, 2.75) is 51.2 Å². The Bertz CT molecular complexity index is 220. The van der Waals surface area contributed by atoms with E-state index in [9.17, 15) is 13.2 Å². The van der Waals surface area contributed by atoms with Crippen LogP contribution in [0.25, 0.3) is 0 Å². The van der Waals surface area contributed by atoms with E-state index in [0.717, 1.165) is 32.1 Å². The van der Waals surface area contributed by atoms with Crippen LogP contribution in [0.1, 0.15) is 39.0 Å². The quantitative estimate of drug-likeness (QED) is 0.814. The number of halogens is 3. The Morgan fingerprint density at radius 1 is 1.24 bits per heavy atom. The van der Waals surface area contributed by atoms with Gasteiger partial charge >= 0.3 is 6.18 Å². The van der Waals surface area contributed by atoms with Crippen molar-refractivity contribution in [1.82, 2.24) is 4.90 Å². The third-order valence-corrected chi connectivity index (χ3v) is 3.63. The fraction of sp³-hybridized carbons (Fsp3) is 1.00. The van der Waals surface area contributed by atoms with Crippen LogP contribution >= 0.6 is 0 Å². The van der Waals surface area contributed by atoms with E-state index in [4.69, 9.17) is 5.11 Å². The topological polar surface area (TPSA) is 23.5 Å². The van der Waals surface area contributed by atoms with Crippen molar-refractivity contribution in [3.8, 4) is 0 Å². The molecule has 1 aliphatic rings. The smallest absolute Gasteiger partial charge is 0.395 e. The molecule has 5 heteroatoms. The van der Waals surface area contributed by atoms with Crippen LogP contribution in [0.3, 0.4) is 0 Å². The highest BCUT2D eigenvalue weighted by molar-refractivity contribution is 4.83. The molecule has 0 aromatic carbocycles. The van der Waals surface area contributed by atoms with Crippen molar-refractivity contribution in [2.75, 3.05) is 19.7 Å². The van der Waals surface area contributed by atoms with E-state index in [-0.39, 0.29) is 19.2 Å². The van der Waals surface area contributed by atoms with Crippen LogP contribution in [0.15, 0.2) is 0 Å². The number of hydrogen-bond donors (Lipinski definition) is 1. The van der Waals surface area contributed by atoms with Crippen LogP contribution in [0, 0.1) is 5.92 Å². The average Bonchev–Trinajstić information content (AvgIpc) is 2.27. The van der Waals surface area contributed by atoms with Crippen molar-refractivity contribution in [3.05, 3.63) is 0 Å². The summed E-state index contributed by atoms with van der Waals surface area (Å²) in [5.41, 5.74) is 0. The molecule has 1 fully saturated rings. The maximum absolute atomic E-state index is 12.5. The molecule has 2 nitrogen and oxygen atoms in total. The van der Waals surface area contributed by atoms with E-state index in [1.807, 2.05) is 6.92 Å². The Morgan fingerprint density at radius 2 is 1.88 bits per heavy atom. The molecule has 1 N–H and O–H groups in total. The minimum atomic E-state index is -4.18. The van der Waals surface area contributed by atoms with Crippen LogP contribution < -0.4 is 0 Å². The van der Waals surface area contributed by atoms with E-state index in [0.29, 0.717) is 5.92 Å². The second kappa shape index (κ2) is 6.59. The van der Waals surface area contributed by atoms with Gasteiger partial charge in [0.1, 0.15) is 0 Å². The van der Waals surface area contributed by atoms with Gasteiger partial charge < -0.3 is 5.11 Å². The zero-order valence-electron chi connectivity index (χ0n) is 10.3. The second-order valence-corrected chi connectivity index (χ2v) is 4.83. The van der Waals surface area contributed by atoms with Crippen molar-refractivity contribution < 1.29 is 18.3 Å². The zero-order valence-corrected chi connectivity index (χ0v) is 10.3. The van der Waals surface area contributed by atoms with Gasteiger partial charge in [-0.1, -0.05) is 26.2 Å². The molecular weight excluding hydrogens is 231 g/mol. The van der Waals surface area contributed by atoms with E-state index >= 15 is 0 Å². The number of nitrogens with zero attached hydrogens (tertiary/aromatic N) is 1. The fourth-order valence-electron chi connectivity index (χ4n) is 2.87. The normalized spacial score (nSPS) is 26.5. The largest absolute Gasteiger partial charge is 0.401 e. The SMILES string of the molecule is CCC1CCCCC1N(CCO)CC(F)(F)F. The molecule has 2 unspecified atom stereocenters. The number of hydrogen-bond acceptors (Lipinski definition) is 2. The van der Waals surface area contributed by atoms with Gasteiger partial charge in [0.25, 0.3) is 0 Å². The Kier molecular flexibility index (Phi) is 5.73. The Labute approximate surface area is 101 Å². The minimum Gasteiger partial charge on any atom is -0.395 e. The summed E-state index contributed by atoms with van der Waals surface area (Å²) in [6, 6.07) is -0.0116. The maximum atomic E-state index is 12.5.